The second-order valence-corrected chi connectivity index (χ2v) is 4.98. The zero-order valence-corrected chi connectivity index (χ0v) is 9.65. The molecule has 0 heterocycles. The molecule has 4 heteroatoms. The third kappa shape index (κ3) is 3.63. The first-order valence-electron chi connectivity index (χ1n) is 5.08. The molecule has 2 N–H and O–H groups in total. The summed E-state index contributed by atoms with van der Waals surface area (Å²) in [6.45, 7) is 2.09. The summed E-state index contributed by atoms with van der Waals surface area (Å²) in [5, 5.41) is 0. The topological polar surface area (TPSA) is 43.1 Å². The van der Waals surface area contributed by atoms with E-state index in [1.807, 2.05) is 0 Å². The van der Waals surface area contributed by atoms with Gasteiger partial charge in [-0.05, 0) is 24.6 Å². The number of hydrogen-bond acceptors (Lipinski definition) is 2. The van der Waals surface area contributed by atoms with E-state index in [0.29, 0.717) is 10.6 Å². The van der Waals surface area contributed by atoms with Gasteiger partial charge in [-0.2, -0.15) is 0 Å². The molecule has 0 fully saturated rings. The lowest BCUT2D eigenvalue weighted by molar-refractivity contribution is 0.627. The Balaban J connectivity index is 2.65. The molecule has 1 aromatic rings. The van der Waals surface area contributed by atoms with Crippen molar-refractivity contribution in [3.05, 3.63) is 24.0 Å². The maximum absolute atomic E-state index is 12.7. The van der Waals surface area contributed by atoms with Gasteiger partial charge in [0.1, 0.15) is 5.82 Å². The molecule has 84 valence electrons. The Morgan fingerprint density at radius 3 is 2.73 bits per heavy atom. The lowest BCUT2D eigenvalue weighted by atomic mass is 10.3. The van der Waals surface area contributed by atoms with Crippen LogP contribution in [-0.4, -0.2) is 9.96 Å². The van der Waals surface area contributed by atoms with Crippen molar-refractivity contribution in [1.29, 1.82) is 0 Å². The predicted molar refractivity (Wildman–Crippen MR) is 61.6 cm³/mol. The number of halogens is 1. The van der Waals surface area contributed by atoms with Crippen molar-refractivity contribution in [2.45, 2.75) is 31.1 Å². The monoisotopic (exact) mass is 229 g/mol. The molecular formula is C11H16FNOS. The first kappa shape index (κ1) is 12.2. The van der Waals surface area contributed by atoms with Crippen LogP contribution in [0.2, 0.25) is 0 Å². The molecular weight excluding hydrogens is 213 g/mol. The van der Waals surface area contributed by atoms with Gasteiger partial charge in [0, 0.05) is 5.75 Å². The number of anilines is 1. The quantitative estimate of drug-likeness (QED) is 0.623. The summed E-state index contributed by atoms with van der Waals surface area (Å²) in [5.41, 5.74) is 5.88. The molecule has 1 aromatic carbocycles. The molecule has 0 aliphatic heterocycles. The number of benzene rings is 1. The van der Waals surface area contributed by atoms with E-state index in [1.54, 1.807) is 0 Å². The van der Waals surface area contributed by atoms with Crippen molar-refractivity contribution < 1.29 is 8.60 Å². The molecule has 0 aliphatic carbocycles. The van der Waals surface area contributed by atoms with E-state index in [9.17, 15) is 8.60 Å². The second kappa shape index (κ2) is 5.85. The maximum atomic E-state index is 12.7. The fourth-order valence-corrected chi connectivity index (χ4v) is 2.55. The number of hydrogen-bond donors (Lipinski definition) is 1. The van der Waals surface area contributed by atoms with Crippen LogP contribution in [0.4, 0.5) is 10.1 Å². The molecule has 1 atom stereocenters. The summed E-state index contributed by atoms with van der Waals surface area (Å²) in [5.74, 6) is 0.214. The third-order valence-electron chi connectivity index (χ3n) is 2.15. The first-order chi connectivity index (χ1) is 7.15. The molecule has 0 aliphatic rings. The Morgan fingerprint density at radius 1 is 1.40 bits per heavy atom. The lowest BCUT2D eigenvalue weighted by Crippen LogP contribution is -2.02. The van der Waals surface area contributed by atoms with E-state index in [0.717, 1.165) is 19.3 Å². The minimum atomic E-state index is -1.10. The van der Waals surface area contributed by atoms with Crippen molar-refractivity contribution in [2.75, 3.05) is 11.5 Å². The van der Waals surface area contributed by atoms with Crippen LogP contribution in [0.5, 0.6) is 0 Å². The third-order valence-corrected chi connectivity index (χ3v) is 3.67. The Bertz CT molecular complexity index is 354. The normalized spacial score (nSPS) is 12.7. The minimum Gasteiger partial charge on any atom is -0.398 e. The van der Waals surface area contributed by atoms with E-state index in [1.165, 1.54) is 18.2 Å². The van der Waals surface area contributed by atoms with Gasteiger partial charge in [-0.1, -0.05) is 19.8 Å². The molecule has 0 bridgehead atoms. The smallest absolute Gasteiger partial charge is 0.125 e. The van der Waals surface area contributed by atoms with Gasteiger partial charge in [-0.25, -0.2) is 4.39 Å². The standard InChI is InChI=1S/C11H16FNOS/c1-2-3-4-7-15(14)11-6-5-9(12)8-10(11)13/h5-6,8H,2-4,7,13H2,1H3. The van der Waals surface area contributed by atoms with E-state index >= 15 is 0 Å². The van der Waals surface area contributed by atoms with Gasteiger partial charge in [0.15, 0.2) is 0 Å². The van der Waals surface area contributed by atoms with Gasteiger partial charge in [-0.3, -0.25) is 4.21 Å². The summed E-state index contributed by atoms with van der Waals surface area (Å²) in [4.78, 5) is 0.549. The van der Waals surface area contributed by atoms with Crippen LogP contribution in [0.15, 0.2) is 23.1 Å². The number of rotatable bonds is 5. The highest BCUT2D eigenvalue weighted by atomic mass is 32.2. The number of nitrogens with two attached hydrogens (primary N) is 1. The van der Waals surface area contributed by atoms with Crippen molar-refractivity contribution in [1.82, 2.24) is 0 Å². The van der Waals surface area contributed by atoms with Gasteiger partial charge in [-0.15, -0.1) is 0 Å². The first-order valence-corrected chi connectivity index (χ1v) is 6.40. The summed E-state index contributed by atoms with van der Waals surface area (Å²) < 4.78 is 24.5. The van der Waals surface area contributed by atoms with Crippen molar-refractivity contribution in [2.24, 2.45) is 0 Å². The van der Waals surface area contributed by atoms with Crippen LogP contribution in [0, 0.1) is 5.82 Å². The molecule has 2 nitrogen and oxygen atoms in total. The van der Waals surface area contributed by atoms with Crippen LogP contribution in [0.1, 0.15) is 26.2 Å². The van der Waals surface area contributed by atoms with Gasteiger partial charge in [0.2, 0.25) is 0 Å². The molecule has 0 spiro atoms. The van der Waals surface area contributed by atoms with Gasteiger partial charge >= 0.3 is 0 Å². The minimum absolute atomic E-state index is 0.282. The SMILES string of the molecule is CCCCCS(=O)c1ccc(F)cc1N. The molecule has 0 saturated heterocycles. The van der Waals surface area contributed by atoms with Crippen LogP contribution in [0.25, 0.3) is 0 Å². The lowest BCUT2D eigenvalue weighted by Gasteiger charge is -2.05. The number of nitrogen functional groups attached to an aromatic ring is 1. The van der Waals surface area contributed by atoms with Crippen LogP contribution >= 0.6 is 0 Å². The van der Waals surface area contributed by atoms with Crippen LogP contribution < -0.4 is 5.73 Å². The summed E-state index contributed by atoms with van der Waals surface area (Å²) in [6.07, 6.45) is 3.07. The van der Waals surface area contributed by atoms with Crippen LogP contribution in [-0.2, 0) is 10.8 Å². The van der Waals surface area contributed by atoms with Gasteiger partial charge in [0.05, 0.1) is 21.4 Å². The highest BCUT2D eigenvalue weighted by Gasteiger charge is 2.08. The highest BCUT2D eigenvalue weighted by molar-refractivity contribution is 7.85. The van der Waals surface area contributed by atoms with Gasteiger partial charge in [0.25, 0.3) is 0 Å². The van der Waals surface area contributed by atoms with Crippen molar-refractivity contribution >= 4 is 16.5 Å². The van der Waals surface area contributed by atoms with E-state index < -0.39 is 10.8 Å². The fraction of sp³-hybridized carbons (Fsp3) is 0.455. The molecule has 0 aromatic heterocycles. The molecule has 0 radical (unpaired) electrons. The molecule has 15 heavy (non-hydrogen) atoms. The fourth-order valence-electron chi connectivity index (χ4n) is 1.32. The average Bonchev–Trinajstić information content (AvgIpc) is 2.17. The summed E-state index contributed by atoms with van der Waals surface area (Å²) >= 11 is 0. The zero-order valence-electron chi connectivity index (χ0n) is 8.83. The number of unbranched alkanes of at least 4 members (excludes halogenated alkanes) is 2. The molecule has 1 unspecified atom stereocenters. The largest absolute Gasteiger partial charge is 0.398 e. The summed E-state index contributed by atoms with van der Waals surface area (Å²) in [7, 11) is -1.10. The maximum Gasteiger partial charge on any atom is 0.125 e. The van der Waals surface area contributed by atoms with Crippen molar-refractivity contribution in [3.8, 4) is 0 Å². The highest BCUT2D eigenvalue weighted by Crippen LogP contribution is 2.18. The van der Waals surface area contributed by atoms with Crippen LogP contribution in [0.3, 0.4) is 0 Å². The summed E-state index contributed by atoms with van der Waals surface area (Å²) in [6, 6.07) is 4.02. The molecule has 1 rings (SSSR count). The zero-order chi connectivity index (χ0) is 11.3. The Kier molecular flexibility index (Phi) is 4.75. The Morgan fingerprint density at radius 2 is 2.13 bits per heavy atom. The predicted octanol–water partition coefficient (Wildman–Crippen LogP) is 2.71. The van der Waals surface area contributed by atoms with Crippen molar-refractivity contribution in [3.63, 3.8) is 0 Å². The Labute approximate surface area is 92.1 Å². The Hall–Kier alpha value is -0.900. The van der Waals surface area contributed by atoms with E-state index in [-0.39, 0.29) is 11.5 Å². The molecule has 0 amide bonds. The van der Waals surface area contributed by atoms with Gasteiger partial charge < -0.3 is 5.73 Å². The molecule has 0 saturated carbocycles. The van der Waals surface area contributed by atoms with E-state index in [4.69, 9.17) is 5.73 Å². The second-order valence-electron chi connectivity index (χ2n) is 3.44. The van der Waals surface area contributed by atoms with E-state index in [2.05, 4.69) is 6.92 Å². The average molecular weight is 229 g/mol.